The zero-order chi connectivity index (χ0) is 27.0. The Bertz CT molecular complexity index is 1660. The summed E-state index contributed by atoms with van der Waals surface area (Å²) in [5.41, 5.74) is 9.92. The van der Waals surface area contributed by atoms with Gasteiger partial charge >= 0.3 is 0 Å². The normalized spacial score (nSPS) is 11.2. The largest absolute Gasteiger partial charge is 0.489 e. The quantitative estimate of drug-likeness (QED) is 0.281. The number of carbonyl (C=O) groups excluding carboxylic acids is 1. The summed E-state index contributed by atoms with van der Waals surface area (Å²) in [5.74, 6) is 1.68. The van der Waals surface area contributed by atoms with Crippen LogP contribution in [0, 0.1) is 13.8 Å². The number of fused-ring (bicyclic) bond motifs is 1. The molecule has 0 unspecified atom stereocenters. The van der Waals surface area contributed by atoms with E-state index in [1.54, 1.807) is 12.4 Å². The number of methoxy groups -OCH3 is 1. The van der Waals surface area contributed by atoms with Crippen molar-refractivity contribution in [3.8, 4) is 28.4 Å². The molecule has 5 aromatic rings. The van der Waals surface area contributed by atoms with Gasteiger partial charge in [-0.25, -0.2) is 19.9 Å². The third kappa shape index (κ3) is 4.75. The maximum Gasteiger partial charge on any atom is 0.259 e. The summed E-state index contributed by atoms with van der Waals surface area (Å²) in [6, 6.07) is 9.53. The predicted molar refractivity (Wildman–Crippen MR) is 148 cm³/mol. The van der Waals surface area contributed by atoms with Gasteiger partial charge < -0.3 is 25.1 Å². The van der Waals surface area contributed by atoms with Crippen LogP contribution in [-0.4, -0.2) is 43.6 Å². The first-order chi connectivity index (χ1) is 18.2. The van der Waals surface area contributed by atoms with E-state index in [1.165, 1.54) is 18.4 Å². The fourth-order valence-corrected chi connectivity index (χ4v) is 5.12. The number of aryl methyl sites for hydroxylation is 2. The number of hydrogen-bond donors (Lipinski definition) is 2. The second-order valence-corrected chi connectivity index (χ2v) is 9.96. The van der Waals surface area contributed by atoms with Gasteiger partial charge in [0.05, 0.1) is 41.0 Å². The van der Waals surface area contributed by atoms with Crippen molar-refractivity contribution in [1.29, 1.82) is 0 Å². The summed E-state index contributed by atoms with van der Waals surface area (Å²) in [5, 5.41) is 3.28. The summed E-state index contributed by atoms with van der Waals surface area (Å²) >= 11 is 1.23. The van der Waals surface area contributed by atoms with E-state index >= 15 is 0 Å². The fourth-order valence-electron chi connectivity index (χ4n) is 4.14. The second-order valence-electron chi connectivity index (χ2n) is 8.90. The molecule has 0 spiro atoms. The monoisotopic (exact) mass is 529 g/mol. The first-order valence-electron chi connectivity index (χ1n) is 11.9. The molecule has 10 nitrogen and oxygen atoms in total. The molecule has 0 saturated carbocycles. The number of hydrogen-bond acceptors (Lipinski definition) is 9. The maximum atomic E-state index is 12.4. The van der Waals surface area contributed by atoms with Crippen LogP contribution < -0.4 is 20.5 Å². The second kappa shape index (κ2) is 10.1. The van der Waals surface area contributed by atoms with E-state index in [-0.39, 0.29) is 6.10 Å². The van der Waals surface area contributed by atoms with Gasteiger partial charge in [0.1, 0.15) is 16.5 Å². The van der Waals surface area contributed by atoms with E-state index in [2.05, 4.69) is 20.3 Å². The Morgan fingerprint density at radius 1 is 1.13 bits per heavy atom. The molecule has 194 valence electrons. The number of nitrogens with zero attached hydrogens (tertiary/aromatic N) is 5. The van der Waals surface area contributed by atoms with E-state index in [9.17, 15) is 4.79 Å². The first kappa shape index (κ1) is 25.2. The number of nitrogens with one attached hydrogen (secondary N) is 1. The van der Waals surface area contributed by atoms with Crippen molar-refractivity contribution in [3.05, 3.63) is 65.3 Å². The Morgan fingerprint density at radius 2 is 1.95 bits per heavy atom. The summed E-state index contributed by atoms with van der Waals surface area (Å²) in [4.78, 5) is 30.8. The van der Waals surface area contributed by atoms with Crippen LogP contribution in [0.25, 0.3) is 27.0 Å². The van der Waals surface area contributed by atoms with Crippen molar-refractivity contribution in [2.24, 2.45) is 5.73 Å². The molecule has 1 amide bonds. The summed E-state index contributed by atoms with van der Waals surface area (Å²) in [7, 11) is 1.54. The lowest BCUT2D eigenvalue weighted by molar-refractivity contribution is 0.100. The van der Waals surface area contributed by atoms with E-state index in [0.29, 0.717) is 49.5 Å². The lowest BCUT2D eigenvalue weighted by Gasteiger charge is -2.17. The number of imidazole rings is 1. The summed E-state index contributed by atoms with van der Waals surface area (Å²) < 4.78 is 14.3. The van der Waals surface area contributed by atoms with Crippen molar-refractivity contribution < 1.29 is 14.3 Å². The van der Waals surface area contributed by atoms with Crippen LogP contribution in [0.3, 0.4) is 0 Å². The van der Waals surface area contributed by atoms with Gasteiger partial charge in [-0.1, -0.05) is 0 Å². The van der Waals surface area contributed by atoms with Gasteiger partial charge in [-0.2, -0.15) is 0 Å². The highest BCUT2D eigenvalue weighted by molar-refractivity contribution is 7.21. The number of aromatic nitrogens is 5. The number of rotatable bonds is 8. The topological polar surface area (TPSA) is 130 Å². The van der Waals surface area contributed by atoms with Crippen molar-refractivity contribution in [1.82, 2.24) is 24.5 Å². The molecular formula is C27H27N7O3S. The standard InChI is InChI=1S/C27H27N7O3S/c1-14(2)37-20-12-17(34-11-10-29-16(34)4)7-9-19(20)32-27-30-13-21-23(33-27)22(24(38-21)25(28)35)18-8-6-15(3)31-26(18)36-5/h6-14H,1-5H3,(H2,28,35)(H,30,32,33). The predicted octanol–water partition coefficient (Wildman–Crippen LogP) is 5.19. The molecule has 4 heterocycles. The average Bonchev–Trinajstić information content (AvgIpc) is 3.48. The number of pyridine rings is 1. The summed E-state index contributed by atoms with van der Waals surface area (Å²) in [6.07, 6.45) is 5.27. The number of thiophene rings is 1. The molecule has 11 heteroatoms. The Kier molecular flexibility index (Phi) is 6.68. The molecule has 0 fully saturated rings. The van der Waals surface area contributed by atoms with Crippen LogP contribution in [-0.2, 0) is 0 Å². The third-order valence-electron chi connectivity index (χ3n) is 5.80. The third-order valence-corrected chi connectivity index (χ3v) is 6.92. The van der Waals surface area contributed by atoms with E-state index in [4.69, 9.17) is 20.2 Å². The zero-order valence-electron chi connectivity index (χ0n) is 21.6. The van der Waals surface area contributed by atoms with Crippen molar-refractivity contribution in [3.63, 3.8) is 0 Å². The molecule has 0 bridgehead atoms. The Hall–Kier alpha value is -4.51. The number of ether oxygens (including phenoxy) is 2. The van der Waals surface area contributed by atoms with Gasteiger partial charge in [0.2, 0.25) is 11.8 Å². The highest BCUT2D eigenvalue weighted by Gasteiger charge is 2.23. The maximum absolute atomic E-state index is 12.4. The molecule has 5 rings (SSSR count). The zero-order valence-corrected chi connectivity index (χ0v) is 22.5. The highest BCUT2D eigenvalue weighted by atomic mass is 32.1. The van der Waals surface area contributed by atoms with Crippen LogP contribution >= 0.6 is 11.3 Å². The van der Waals surface area contributed by atoms with E-state index in [1.807, 2.05) is 68.8 Å². The van der Waals surface area contributed by atoms with Crippen molar-refractivity contribution in [2.45, 2.75) is 33.8 Å². The molecular weight excluding hydrogens is 502 g/mol. The molecule has 4 aromatic heterocycles. The lowest BCUT2D eigenvalue weighted by atomic mass is 10.1. The molecule has 0 atom stereocenters. The molecule has 0 aliphatic carbocycles. The van der Waals surface area contributed by atoms with Gasteiger partial charge in [0.25, 0.3) is 5.91 Å². The Labute approximate surface area is 223 Å². The van der Waals surface area contributed by atoms with Gasteiger partial charge in [0.15, 0.2) is 0 Å². The number of amides is 1. The lowest BCUT2D eigenvalue weighted by Crippen LogP contribution is -2.10. The molecule has 0 radical (unpaired) electrons. The van der Waals surface area contributed by atoms with Gasteiger partial charge in [0, 0.05) is 35.3 Å². The SMILES string of the molecule is COc1nc(C)ccc1-c1c(C(N)=O)sc2cnc(Nc3ccc(-n4ccnc4C)cc3OC(C)C)nc12. The molecule has 1 aromatic carbocycles. The van der Waals surface area contributed by atoms with Gasteiger partial charge in [-0.15, -0.1) is 11.3 Å². The minimum absolute atomic E-state index is 0.0545. The van der Waals surface area contributed by atoms with E-state index in [0.717, 1.165) is 17.2 Å². The molecule has 0 aliphatic rings. The molecule has 38 heavy (non-hydrogen) atoms. The van der Waals surface area contributed by atoms with Crippen molar-refractivity contribution >= 4 is 39.1 Å². The van der Waals surface area contributed by atoms with Crippen LogP contribution in [0.4, 0.5) is 11.6 Å². The number of benzene rings is 1. The minimum atomic E-state index is -0.557. The van der Waals surface area contributed by atoms with Crippen LogP contribution in [0.5, 0.6) is 11.6 Å². The van der Waals surface area contributed by atoms with Gasteiger partial charge in [-0.3, -0.25) is 4.79 Å². The van der Waals surface area contributed by atoms with Crippen LogP contribution in [0.1, 0.15) is 35.0 Å². The molecule has 0 aliphatic heterocycles. The Balaban J connectivity index is 1.60. The fraction of sp³-hybridized carbons (Fsp3) is 0.222. The molecule has 3 N–H and O–H groups in total. The number of anilines is 2. The van der Waals surface area contributed by atoms with Crippen molar-refractivity contribution in [2.75, 3.05) is 12.4 Å². The number of primary amides is 1. The highest BCUT2D eigenvalue weighted by Crippen LogP contribution is 2.41. The Morgan fingerprint density at radius 3 is 2.63 bits per heavy atom. The minimum Gasteiger partial charge on any atom is -0.489 e. The van der Waals surface area contributed by atoms with Gasteiger partial charge in [-0.05, 0) is 52.0 Å². The number of carbonyl (C=O) groups is 1. The average molecular weight is 530 g/mol. The van der Waals surface area contributed by atoms with E-state index < -0.39 is 5.91 Å². The smallest absolute Gasteiger partial charge is 0.259 e. The summed E-state index contributed by atoms with van der Waals surface area (Å²) in [6.45, 7) is 7.74. The number of nitrogens with two attached hydrogens (primary N) is 1. The first-order valence-corrected chi connectivity index (χ1v) is 12.8. The molecule has 0 saturated heterocycles. The van der Waals surface area contributed by atoms with Crippen LogP contribution in [0.2, 0.25) is 0 Å². The van der Waals surface area contributed by atoms with Crippen LogP contribution in [0.15, 0.2) is 48.9 Å².